The maximum Gasteiger partial charge on any atom is 0.128 e. The van der Waals surface area contributed by atoms with Gasteiger partial charge in [0.2, 0.25) is 0 Å². The van der Waals surface area contributed by atoms with Crippen LogP contribution < -0.4 is 10.1 Å². The van der Waals surface area contributed by atoms with Gasteiger partial charge >= 0.3 is 0 Å². The van der Waals surface area contributed by atoms with Crippen molar-refractivity contribution in [1.82, 2.24) is 10.3 Å². The number of nitrogens with zero attached hydrogens (tertiary/aromatic N) is 1. The van der Waals surface area contributed by atoms with Crippen LogP contribution in [0.2, 0.25) is 0 Å². The van der Waals surface area contributed by atoms with Crippen molar-refractivity contribution in [3.63, 3.8) is 0 Å². The SMILES string of the molecule is COc1c(C)cnc(CN[C@@H](C)c2cccc(Br)c2)c1C. The summed E-state index contributed by atoms with van der Waals surface area (Å²) in [6.07, 6.45) is 1.87. The van der Waals surface area contributed by atoms with Crippen LogP contribution in [0.15, 0.2) is 34.9 Å². The molecule has 0 saturated carbocycles. The van der Waals surface area contributed by atoms with E-state index < -0.39 is 0 Å². The number of hydrogen-bond acceptors (Lipinski definition) is 3. The first-order chi connectivity index (χ1) is 10.0. The van der Waals surface area contributed by atoms with E-state index >= 15 is 0 Å². The highest BCUT2D eigenvalue weighted by Crippen LogP contribution is 2.24. The highest BCUT2D eigenvalue weighted by Gasteiger charge is 2.11. The first-order valence-electron chi connectivity index (χ1n) is 7.01. The fourth-order valence-corrected chi connectivity index (χ4v) is 2.81. The maximum atomic E-state index is 5.45. The fourth-order valence-electron chi connectivity index (χ4n) is 2.39. The molecule has 0 radical (unpaired) electrons. The number of pyridine rings is 1. The number of methoxy groups -OCH3 is 1. The standard InChI is InChI=1S/C17H21BrN2O/c1-11-9-20-16(12(2)17(11)21-4)10-19-13(3)14-6-5-7-15(18)8-14/h5-9,13,19H,10H2,1-4H3/t13-/m0/s1. The van der Waals surface area contributed by atoms with E-state index in [0.717, 1.165) is 33.6 Å². The van der Waals surface area contributed by atoms with Crippen molar-refractivity contribution in [2.24, 2.45) is 0 Å². The first-order valence-corrected chi connectivity index (χ1v) is 7.80. The summed E-state index contributed by atoms with van der Waals surface area (Å²) >= 11 is 3.51. The molecular weight excluding hydrogens is 328 g/mol. The van der Waals surface area contributed by atoms with Gasteiger partial charge in [0.05, 0.1) is 12.8 Å². The van der Waals surface area contributed by atoms with Gasteiger partial charge in [0, 0.05) is 34.4 Å². The quantitative estimate of drug-likeness (QED) is 0.873. The van der Waals surface area contributed by atoms with Crippen LogP contribution in [0.3, 0.4) is 0 Å². The van der Waals surface area contributed by atoms with Crippen molar-refractivity contribution in [1.29, 1.82) is 0 Å². The normalized spacial score (nSPS) is 12.2. The molecule has 112 valence electrons. The van der Waals surface area contributed by atoms with E-state index in [9.17, 15) is 0 Å². The molecule has 0 aliphatic rings. The topological polar surface area (TPSA) is 34.1 Å². The Bertz CT molecular complexity index is 628. The molecule has 4 heteroatoms. The molecule has 0 aliphatic heterocycles. The van der Waals surface area contributed by atoms with Gasteiger partial charge < -0.3 is 10.1 Å². The van der Waals surface area contributed by atoms with Crippen LogP contribution in [0.25, 0.3) is 0 Å². The second kappa shape index (κ2) is 7.05. The highest BCUT2D eigenvalue weighted by molar-refractivity contribution is 9.10. The Morgan fingerprint density at radius 1 is 1.33 bits per heavy atom. The molecule has 0 amide bonds. The smallest absolute Gasteiger partial charge is 0.128 e. The number of hydrogen-bond donors (Lipinski definition) is 1. The lowest BCUT2D eigenvalue weighted by molar-refractivity contribution is 0.406. The minimum absolute atomic E-state index is 0.260. The lowest BCUT2D eigenvalue weighted by Gasteiger charge is -2.17. The predicted octanol–water partition coefficient (Wildman–Crippen LogP) is 4.32. The number of benzene rings is 1. The molecule has 1 N–H and O–H groups in total. The molecule has 0 fully saturated rings. The predicted molar refractivity (Wildman–Crippen MR) is 89.7 cm³/mol. The molecule has 1 aromatic heterocycles. The largest absolute Gasteiger partial charge is 0.496 e. The van der Waals surface area contributed by atoms with E-state index in [-0.39, 0.29) is 6.04 Å². The molecule has 0 spiro atoms. The lowest BCUT2D eigenvalue weighted by Crippen LogP contribution is -2.19. The minimum Gasteiger partial charge on any atom is -0.496 e. The van der Waals surface area contributed by atoms with Crippen LogP contribution in [-0.4, -0.2) is 12.1 Å². The van der Waals surface area contributed by atoms with E-state index in [2.05, 4.69) is 58.3 Å². The number of rotatable bonds is 5. The average molecular weight is 349 g/mol. The third kappa shape index (κ3) is 3.83. The second-order valence-electron chi connectivity index (χ2n) is 5.20. The zero-order valence-corrected chi connectivity index (χ0v) is 14.5. The Kier molecular flexibility index (Phi) is 5.37. The summed E-state index contributed by atoms with van der Waals surface area (Å²) in [7, 11) is 1.71. The van der Waals surface area contributed by atoms with Crippen LogP contribution in [0.5, 0.6) is 5.75 Å². The highest BCUT2D eigenvalue weighted by atomic mass is 79.9. The van der Waals surface area contributed by atoms with E-state index in [0.29, 0.717) is 0 Å². The molecule has 1 heterocycles. The third-order valence-electron chi connectivity index (χ3n) is 3.67. The summed E-state index contributed by atoms with van der Waals surface area (Å²) in [5.74, 6) is 0.928. The number of nitrogens with one attached hydrogen (secondary N) is 1. The van der Waals surface area contributed by atoms with Gasteiger partial charge in [0.15, 0.2) is 0 Å². The van der Waals surface area contributed by atoms with Gasteiger partial charge in [0.1, 0.15) is 5.75 Å². The van der Waals surface area contributed by atoms with Crippen molar-refractivity contribution in [2.45, 2.75) is 33.4 Å². The van der Waals surface area contributed by atoms with Gasteiger partial charge in [-0.05, 0) is 38.5 Å². The average Bonchev–Trinajstić information content (AvgIpc) is 2.46. The summed E-state index contributed by atoms with van der Waals surface area (Å²) in [6, 6.07) is 8.60. The van der Waals surface area contributed by atoms with Crippen molar-refractivity contribution in [3.05, 3.63) is 57.3 Å². The van der Waals surface area contributed by atoms with E-state index in [1.54, 1.807) is 7.11 Å². The summed E-state index contributed by atoms with van der Waals surface area (Å²) < 4.78 is 6.55. The van der Waals surface area contributed by atoms with Gasteiger partial charge in [0.25, 0.3) is 0 Å². The van der Waals surface area contributed by atoms with Gasteiger partial charge in [-0.15, -0.1) is 0 Å². The lowest BCUT2D eigenvalue weighted by atomic mass is 10.1. The number of aryl methyl sites for hydroxylation is 1. The van der Waals surface area contributed by atoms with Crippen LogP contribution >= 0.6 is 15.9 Å². The molecule has 0 aliphatic carbocycles. The van der Waals surface area contributed by atoms with Crippen molar-refractivity contribution >= 4 is 15.9 Å². The Balaban J connectivity index is 2.10. The fraction of sp³-hybridized carbons (Fsp3) is 0.353. The molecule has 21 heavy (non-hydrogen) atoms. The zero-order valence-electron chi connectivity index (χ0n) is 12.9. The number of ether oxygens (including phenoxy) is 1. The Labute approximate surface area is 134 Å². The van der Waals surface area contributed by atoms with E-state index in [1.165, 1.54) is 5.56 Å². The summed E-state index contributed by atoms with van der Waals surface area (Å²) in [5, 5.41) is 3.52. The second-order valence-corrected chi connectivity index (χ2v) is 6.12. The zero-order chi connectivity index (χ0) is 15.4. The van der Waals surface area contributed by atoms with Crippen LogP contribution in [0.1, 0.15) is 35.3 Å². The monoisotopic (exact) mass is 348 g/mol. The van der Waals surface area contributed by atoms with E-state index in [1.807, 2.05) is 19.2 Å². The molecule has 2 aromatic rings. The summed E-state index contributed by atoms with van der Waals surface area (Å²) in [6.45, 7) is 6.94. The molecule has 0 saturated heterocycles. The number of halogens is 1. The van der Waals surface area contributed by atoms with Crippen molar-refractivity contribution in [3.8, 4) is 5.75 Å². The molecular formula is C17H21BrN2O. The third-order valence-corrected chi connectivity index (χ3v) is 4.17. The molecule has 0 unspecified atom stereocenters. The van der Waals surface area contributed by atoms with Crippen molar-refractivity contribution < 1.29 is 4.74 Å². The Hall–Kier alpha value is -1.39. The summed E-state index contributed by atoms with van der Waals surface area (Å²) in [5.41, 5.74) is 4.45. The number of aromatic nitrogens is 1. The van der Waals surface area contributed by atoms with E-state index in [4.69, 9.17) is 4.74 Å². The summed E-state index contributed by atoms with van der Waals surface area (Å²) in [4.78, 5) is 4.52. The Morgan fingerprint density at radius 2 is 2.10 bits per heavy atom. The van der Waals surface area contributed by atoms with Crippen LogP contribution in [0.4, 0.5) is 0 Å². The molecule has 1 aromatic carbocycles. The molecule has 1 atom stereocenters. The van der Waals surface area contributed by atoms with Crippen LogP contribution in [-0.2, 0) is 6.54 Å². The van der Waals surface area contributed by atoms with Crippen LogP contribution in [0, 0.1) is 13.8 Å². The molecule has 3 nitrogen and oxygen atoms in total. The van der Waals surface area contributed by atoms with Gasteiger partial charge in [-0.1, -0.05) is 28.1 Å². The van der Waals surface area contributed by atoms with Gasteiger partial charge in [-0.25, -0.2) is 0 Å². The van der Waals surface area contributed by atoms with Gasteiger partial charge in [-0.2, -0.15) is 0 Å². The molecule has 2 rings (SSSR count). The first kappa shape index (κ1) is 16.0. The van der Waals surface area contributed by atoms with Crippen molar-refractivity contribution in [2.75, 3.05) is 7.11 Å². The Morgan fingerprint density at radius 3 is 2.76 bits per heavy atom. The molecule has 0 bridgehead atoms. The van der Waals surface area contributed by atoms with Gasteiger partial charge in [-0.3, -0.25) is 4.98 Å². The minimum atomic E-state index is 0.260. The maximum absolute atomic E-state index is 5.45.